The molecule has 118 valence electrons. The molecule has 0 aliphatic carbocycles. The summed E-state index contributed by atoms with van der Waals surface area (Å²) in [4.78, 5) is 11.6. The Morgan fingerprint density at radius 3 is 2.38 bits per heavy atom. The standard InChI is InChI=1S/C16H26N2O3/c1-16(2,3)14(19)9-10-17-15(20)18-11-12-5-7-13(21-4)8-6-12/h5-8,14,19H,9-11H2,1-4H3,(H2,17,18,20). The molecule has 0 aromatic heterocycles. The summed E-state index contributed by atoms with van der Waals surface area (Å²) >= 11 is 0. The molecule has 1 aromatic rings. The van der Waals surface area contributed by atoms with Gasteiger partial charge in [0.05, 0.1) is 13.2 Å². The van der Waals surface area contributed by atoms with Crippen molar-refractivity contribution in [1.29, 1.82) is 0 Å². The molecule has 1 rings (SSSR count). The van der Waals surface area contributed by atoms with Crippen molar-refractivity contribution in [2.45, 2.75) is 39.8 Å². The molecule has 2 amide bonds. The van der Waals surface area contributed by atoms with Crippen molar-refractivity contribution in [2.24, 2.45) is 5.41 Å². The van der Waals surface area contributed by atoms with E-state index in [4.69, 9.17) is 4.74 Å². The SMILES string of the molecule is COc1ccc(CNC(=O)NCCC(O)C(C)(C)C)cc1. The first-order valence-corrected chi connectivity index (χ1v) is 7.15. The van der Waals surface area contributed by atoms with Gasteiger partial charge in [-0.2, -0.15) is 0 Å². The van der Waals surface area contributed by atoms with Crippen LogP contribution in [0.2, 0.25) is 0 Å². The van der Waals surface area contributed by atoms with Crippen molar-refractivity contribution in [3.05, 3.63) is 29.8 Å². The Kier molecular flexibility index (Phi) is 6.49. The molecule has 0 aliphatic heterocycles. The fourth-order valence-corrected chi connectivity index (χ4v) is 1.74. The minimum absolute atomic E-state index is 0.165. The van der Waals surface area contributed by atoms with Crippen LogP contribution in [-0.4, -0.2) is 30.9 Å². The van der Waals surface area contributed by atoms with Gasteiger partial charge >= 0.3 is 6.03 Å². The van der Waals surface area contributed by atoms with Crippen molar-refractivity contribution in [3.8, 4) is 5.75 Å². The summed E-state index contributed by atoms with van der Waals surface area (Å²) in [5.74, 6) is 0.791. The largest absolute Gasteiger partial charge is 0.497 e. The average molecular weight is 294 g/mol. The summed E-state index contributed by atoms with van der Waals surface area (Å²) in [6.07, 6.45) is 0.110. The molecule has 0 aliphatic rings. The molecular weight excluding hydrogens is 268 g/mol. The van der Waals surface area contributed by atoms with Gasteiger partial charge in [-0.3, -0.25) is 0 Å². The van der Waals surface area contributed by atoms with Crippen LogP contribution in [0.3, 0.4) is 0 Å². The van der Waals surface area contributed by atoms with Gasteiger partial charge in [-0.25, -0.2) is 4.79 Å². The fraction of sp³-hybridized carbons (Fsp3) is 0.562. The second kappa shape index (κ2) is 7.88. The molecule has 0 saturated carbocycles. The minimum Gasteiger partial charge on any atom is -0.497 e. The zero-order valence-electron chi connectivity index (χ0n) is 13.3. The van der Waals surface area contributed by atoms with Crippen molar-refractivity contribution in [1.82, 2.24) is 10.6 Å². The Balaban J connectivity index is 2.25. The predicted octanol–water partition coefficient (Wildman–Crippen LogP) is 2.29. The van der Waals surface area contributed by atoms with Crippen LogP contribution in [0.4, 0.5) is 4.79 Å². The third kappa shape index (κ3) is 6.49. The van der Waals surface area contributed by atoms with E-state index in [2.05, 4.69) is 10.6 Å². The van der Waals surface area contributed by atoms with E-state index in [9.17, 15) is 9.90 Å². The Hall–Kier alpha value is -1.75. The quantitative estimate of drug-likeness (QED) is 0.754. The van der Waals surface area contributed by atoms with Gasteiger partial charge in [0.15, 0.2) is 0 Å². The third-order valence-corrected chi connectivity index (χ3v) is 3.32. The number of nitrogens with one attached hydrogen (secondary N) is 2. The van der Waals surface area contributed by atoms with Crippen molar-refractivity contribution >= 4 is 6.03 Å². The zero-order valence-corrected chi connectivity index (χ0v) is 13.3. The van der Waals surface area contributed by atoms with Crippen molar-refractivity contribution < 1.29 is 14.6 Å². The lowest BCUT2D eigenvalue weighted by atomic mass is 9.87. The van der Waals surface area contributed by atoms with E-state index in [1.54, 1.807) is 7.11 Å². The lowest BCUT2D eigenvalue weighted by molar-refractivity contribution is 0.0564. The van der Waals surface area contributed by atoms with E-state index in [1.807, 2.05) is 45.0 Å². The summed E-state index contributed by atoms with van der Waals surface area (Å²) in [6, 6.07) is 7.29. The van der Waals surface area contributed by atoms with Crippen LogP contribution in [0.25, 0.3) is 0 Å². The van der Waals surface area contributed by atoms with E-state index in [0.717, 1.165) is 11.3 Å². The topological polar surface area (TPSA) is 70.6 Å². The van der Waals surface area contributed by atoms with Crippen LogP contribution in [0, 0.1) is 5.41 Å². The van der Waals surface area contributed by atoms with E-state index in [1.165, 1.54) is 0 Å². The Bertz CT molecular complexity index is 438. The molecule has 21 heavy (non-hydrogen) atoms. The van der Waals surface area contributed by atoms with Gasteiger partial charge in [-0.15, -0.1) is 0 Å². The third-order valence-electron chi connectivity index (χ3n) is 3.32. The average Bonchev–Trinajstić information content (AvgIpc) is 2.44. The molecule has 0 heterocycles. The molecule has 1 aromatic carbocycles. The number of methoxy groups -OCH3 is 1. The maximum Gasteiger partial charge on any atom is 0.315 e. The molecule has 1 atom stereocenters. The normalized spacial score (nSPS) is 12.6. The smallest absolute Gasteiger partial charge is 0.315 e. The Labute approximate surface area is 126 Å². The number of carbonyl (C=O) groups is 1. The van der Waals surface area contributed by atoms with Crippen LogP contribution in [-0.2, 0) is 6.54 Å². The number of hydrogen-bond acceptors (Lipinski definition) is 3. The van der Waals surface area contributed by atoms with Gasteiger partial charge in [0, 0.05) is 13.1 Å². The van der Waals surface area contributed by atoms with Crippen LogP contribution in [0.1, 0.15) is 32.8 Å². The number of aliphatic hydroxyl groups is 1. The maximum absolute atomic E-state index is 11.6. The number of benzene rings is 1. The highest BCUT2D eigenvalue weighted by molar-refractivity contribution is 5.73. The highest BCUT2D eigenvalue weighted by Gasteiger charge is 2.21. The van der Waals surface area contributed by atoms with Crippen LogP contribution in [0.5, 0.6) is 5.75 Å². The summed E-state index contributed by atoms with van der Waals surface area (Å²) < 4.78 is 5.07. The minimum atomic E-state index is -0.431. The van der Waals surface area contributed by atoms with Gasteiger partial charge in [-0.05, 0) is 29.5 Å². The lowest BCUT2D eigenvalue weighted by Gasteiger charge is -2.25. The molecule has 0 fully saturated rings. The molecular formula is C16H26N2O3. The van der Waals surface area contributed by atoms with Gasteiger partial charge in [-0.1, -0.05) is 32.9 Å². The molecule has 0 saturated heterocycles. The second-order valence-corrected chi connectivity index (χ2v) is 6.13. The van der Waals surface area contributed by atoms with Crippen LogP contribution < -0.4 is 15.4 Å². The fourth-order valence-electron chi connectivity index (χ4n) is 1.74. The van der Waals surface area contributed by atoms with Gasteiger partial charge in [0.2, 0.25) is 0 Å². The molecule has 1 unspecified atom stereocenters. The number of urea groups is 1. The first-order valence-electron chi connectivity index (χ1n) is 7.15. The van der Waals surface area contributed by atoms with Gasteiger partial charge in [0.1, 0.15) is 5.75 Å². The van der Waals surface area contributed by atoms with E-state index in [-0.39, 0.29) is 11.4 Å². The second-order valence-electron chi connectivity index (χ2n) is 6.13. The maximum atomic E-state index is 11.6. The highest BCUT2D eigenvalue weighted by atomic mass is 16.5. The Morgan fingerprint density at radius 1 is 1.24 bits per heavy atom. The number of rotatable bonds is 6. The number of amides is 2. The number of ether oxygens (including phenoxy) is 1. The first-order chi connectivity index (χ1) is 9.82. The molecule has 5 nitrogen and oxygen atoms in total. The zero-order chi connectivity index (χ0) is 15.9. The van der Waals surface area contributed by atoms with E-state index < -0.39 is 6.10 Å². The van der Waals surface area contributed by atoms with Crippen LogP contribution in [0.15, 0.2) is 24.3 Å². The van der Waals surface area contributed by atoms with Gasteiger partial charge < -0.3 is 20.5 Å². The highest BCUT2D eigenvalue weighted by Crippen LogP contribution is 2.20. The molecule has 3 N–H and O–H groups in total. The van der Waals surface area contributed by atoms with Crippen LogP contribution >= 0.6 is 0 Å². The van der Waals surface area contributed by atoms with E-state index in [0.29, 0.717) is 19.5 Å². The molecule has 0 spiro atoms. The summed E-state index contributed by atoms with van der Waals surface area (Å²) in [5, 5.41) is 15.4. The van der Waals surface area contributed by atoms with Gasteiger partial charge in [0.25, 0.3) is 0 Å². The monoisotopic (exact) mass is 294 g/mol. The lowest BCUT2D eigenvalue weighted by Crippen LogP contribution is -2.38. The summed E-state index contributed by atoms with van der Waals surface area (Å²) in [7, 11) is 1.62. The molecule has 0 radical (unpaired) electrons. The number of hydrogen-bond donors (Lipinski definition) is 3. The molecule has 5 heteroatoms. The summed E-state index contributed by atoms with van der Waals surface area (Å²) in [6.45, 7) is 6.83. The Morgan fingerprint density at radius 2 is 1.86 bits per heavy atom. The van der Waals surface area contributed by atoms with Crippen molar-refractivity contribution in [3.63, 3.8) is 0 Å². The predicted molar refractivity (Wildman–Crippen MR) is 83.3 cm³/mol. The number of aliphatic hydroxyl groups excluding tert-OH is 1. The van der Waals surface area contributed by atoms with Crippen molar-refractivity contribution in [2.75, 3.05) is 13.7 Å². The molecule has 0 bridgehead atoms. The first kappa shape index (κ1) is 17.3. The van der Waals surface area contributed by atoms with E-state index >= 15 is 0 Å². The number of carbonyl (C=O) groups excluding carboxylic acids is 1. The summed E-state index contributed by atoms with van der Waals surface area (Å²) in [5.41, 5.74) is 0.835.